The Morgan fingerprint density at radius 3 is 1.45 bits per heavy atom. The molecule has 0 aliphatic carbocycles. The van der Waals surface area contributed by atoms with Crippen LogP contribution in [0.1, 0.15) is 135 Å². The average Bonchev–Trinajstić information content (AvgIpc) is 2.94. The van der Waals surface area contributed by atoms with E-state index in [9.17, 15) is 24.0 Å². The molecule has 0 atom stereocenters. The number of hydrogen-bond donors (Lipinski definition) is 4. The number of nitrogens with one attached hydrogen (secondary N) is 1. The van der Waals surface area contributed by atoms with Crippen LogP contribution in [0.5, 0.6) is 0 Å². The van der Waals surface area contributed by atoms with Crippen LogP contribution in [0.15, 0.2) is 0 Å². The van der Waals surface area contributed by atoms with E-state index in [1.165, 1.54) is 77.0 Å². The fourth-order valence-electron chi connectivity index (χ4n) is 4.13. The Morgan fingerprint density at radius 1 is 0.571 bits per heavy atom. The number of aldehydes is 1. The smallest absolute Gasteiger partial charge is 0.329 e. The van der Waals surface area contributed by atoms with E-state index in [1.54, 1.807) is 0 Å². The number of carbonyl (C=O) groups excluding carboxylic acids is 3. The van der Waals surface area contributed by atoms with Crippen LogP contribution in [0.25, 0.3) is 0 Å². The number of rotatable bonds is 31. The molecule has 0 aromatic heterocycles. The predicted molar refractivity (Wildman–Crippen MR) is 162 cm³/mol. The number of nitrogens with two attached hydrogens (primary N) is 1. The predicted octanol–water partition coefficient (Wildman–Crippen LogP) is 5.17. The molecule has 11 heteroatoms. The number of carboxylic acids is 2. The zero-order valence-electron chi connectivity index (χ0n) is 25.8. The monoisotopic (exact) mass is 602 g/mol. The van der Waals surface area contributed by atoms with E-state index in [-0.39, 0.29) is 31.6 Å². The molecular weight excluding hydrogens is 544 g/mol. The van der Waals surface area contributed by atoms with Crippen LogP contribution < -0.4 is 11.1 Å². The first-order valence-corrected chi connectivity index (χ1v) is 15.9. The third-order valence-corrected chi connectivity index (χ3v) is 6.46. The molecule has 2 amide bonds. The first-order valence-electron chi connectivity index (χ1n) is 15.9. The van der Waals surface area contributed by atoms with Gasteiger partial charge in [-0.3, -0.25) is 14.4 Å². The molecule has 0 radical (unpaired) electrons. The molecule has 0 aliphatic heterocycles. The summed E-state index contributed by atoms with van der Waals surface area (Å²) >= 11 is 0. The lowest BCUT2D eigenvalue weighted by Crippen LogP contribution is -2.27. The van der Waals surface area contributed by atoms with Crippen LogP contribution in [0, 0.1) is 0 Å². The van der Waals surface area contributed by atoms with E-state index in [2.05, 4.69) is 5.32 Å². The number of unbranched alkanes of at least 4 members (excludes halogenated alkanes) is 16. The van der Waals surface area contributed by atoms with Crippen LogP contribution in [0.3, 0.4) is 0 Å². The molecule has 0 saturated heterocycles. The largest absolute Gasteiger partial charge is 0.481 e. The van der Waals surface area contributed by atoms with Crippen molar-refractivity contribution in [1.82, 2.24) is 5.32 Å². The van der Waals surface area contributed by atoms with Gasteiger partial charge in [0.05, 0.1) is 19.8 Å². The van der Waals surface area contributed by atoms with Crippen LogP contribution in [-0.2, 0) is 33.4 Å². The van der Waals surface area contributed by atoms with Crippen molar-refractivity contribution < 1.29 is 43.7 Å². The van der Waals surface area contributed by atoms with Crippen molar-refractivity contribution in [3.63, 3.8) is 0 Å². The lowest BCUT2D eigenvalue weighted by atomic mass is 10.0. The zero-order chi connectivity index (χ0) is 31.5. The molecule has 0 spiro atoms. The lowest BCUT2D eigenvalue weighted by molar-refractivity contribution is -0.143. The van der Waals surface area contributed by atoms with E-state index < -0.39 is 11.9 Å². The third kappa shape index (κ3) is 41.9. The summed E-state index contributed by atoms with van der Waals surface area (Å²) in [6, 6.07) is 0. The van der Waals surface area contributed by atoms with E-state index in [1.807, 2.05) is 0 Å². The summed E-state index contributed by atoms with van der Waals surface area (Å²) in [6.07, 6.45) is 22.6. The zero-order valence-corrected chi connectivity index (χ0v) is 25.8. The van der Waals surface area contributed by atoms with Crippen LogP contribution in [0.2, 0.25) is 0 Å². The number of hydrogen-bond acceptors (Lipinski definition) is 7. The summed E-state index contributed by atoms with van der Waals surface area (Å²) in [4.78, 5) is 52.2. The Morgan fingerprint density at radius 2 is 1.02 bits per heavy atom. The maximum atomic E-state index is 11.2. The Bertz CT molecular complexity index is 645. The Kier molecular flexibility index (Phi) is 34.3. The van der Waals surface area contributed by atoms with E-state index in [4.69, 9.17) is 25.4 Å². The molecular formula is C31H58N2O9. The molecule has 246 valence electrons. The van der Waals surface area contributed by atoms with Gasteiger partial charge in [0.2, 0.25) is 11.8 Å². The first-order chi connectivity index (χ1) is 20.3. The number of ether oxygens (including phenoxy) is 2. The van der Waals surface area contributed by atoms with Gasteiger partial charge in [-0.25, -0.2) is 4.79 Å². The van der Waals surface area contributed by atoms with Crippen LogP contribution >= 0.6 is 0 Å². The Labute approximate surface area is 252 Å². The minimum absolute atomic E-state index is 0.109. The van der Waals surface area contributed by atoms with Gasteiger partial charge in [-0.15, -0.1) is 0 Å². The second kappa shape index (κ2) is 34.7. The second-order valence-electron chi connectivity index (χ2n) is 10.5. The van der Waals surface area contributed by atoms with Crippen molar-refractivity contribution >= 4 is 30.0 Å². The molecule has 0 saturated carbocycles. The van der Waals surface area contributed by atoms with E-state index in [0.29, 0.717) is 45.3 Å². The summed E-state index contributed by atoms with van der Waals surface area (Å²) in [5.41, 5.74) is 5.11. The highest BCUT2D eigenvalue weighted by Gasteiger charge is 2.01. The van der Waals surface area contributed by atoms with Gasteiger partial charge in [0.25, 0.3) is 0 Å². The third-order valence-electron chi connectivity index (χ3n) is 6.46. The minimum atomic E-state index is -1.02. The van der Waals surface area contributed by atoms with Gasteiger partial charge in [0, 0.05) is 32.2 Å². The molecule has 0 unspecified atom stereocenters. The fraction of sp³-hybridized carbons (Fsp3) is 0.839. The molecule has 0 aliphatic rings. The SMILES string of the molecule is NC(=O)CCCCCCCCCCCCCCCCCCC(=O)O.O=CCCCC(=O)NCCOCCOCC(=O)O. The van der Waals surface area contributed by atoms with Crippen molar-refractivity contribution in [3.8, 4) is 0 Å². The van der Waals surface area contributed by atoms with Crippen molar-refractivity contribution in [2.24, 2.45) is 5.73 Å². The van der Waals surface area contributed by atoms with Gasteiger partial charge in [-0.1, -0.05) is 89.9 Å². The topological polar surface area (TPSA) is 182 Å². The van der Waals surface area contributed by atoms with Crippen LogP contribution in [0.4, 0.5) is 0 Å². The van der Waals surface area contributed by atoms with Gasteiger partial charge in [0.15, 0.2) is 0 Å². The molecule has 0 aromatic rings. The number of carbonyl (C=O) groups is 5. The summed E-state index contributed by atoms with van der Waals surface area (Å²) in [6.45, 7) is 0.888. The van der Waals surface area contributed by atoms with Crippen molar-refractivity contribution in [2.45, 2.75) is 135 Å². The van der Waals surface area contributed by atoms with Crippen molar-refractivity contribution in [1.29, 1.82) is 0 Å². The number of amides is 2. The molecule has 0 aromatic carbocycles. The summed E-state index contributed by atoms with van der Waals surface area (Å²) in [7, 11) is 0. The van der Waals surface area contributed by atoms with Crippen molar-refractivity contribution in [3.05, 3.63) is 0 Å². The summed E-state index contributed by atoms with van der Waals surface area (Å²) in [5.74, 6) is -1.97. The average molecular weight is 603 g/mol. The van der Waals surface area contributed by atoms with Crippen molar-refractivity contribution in [2.75, 3.05) is 33.0 Å². The number of carboxylic acid groups (broad SMARTS) is 2. The first kappa shape index (κ1) is 41.6. The van der Waals surface area contributed by atoms with Crippen LogP contribution in [-0.4, -0.2) is 73.2 Å². The normalized spacial score (nSPS) is 10.5. The molecule has 5 N–H and O–H groups in total. The Hall–Kier alpha value is -2.53. The minimum Gasteiger partial charge on any atom is -0.481 e. The lowest BCUT2D eigenvalue weighted by Gasteiger charge is -2.06. The van der Waals surface area contributed by atoms with Gasteiger partial charge in [0.1, 0.15) is 12.9 Å². The Balaban J connectivity index is 0. The standard InChI is InChI=1S/C20H39NO3.C11H19NO6/c21-19(22)17-15-13-11-9-7-5-3-1-2-4-6-8-10-12-14-16-18-20(23)24;13-5-2-1-3-10(14)12-4-6-17-7-8-18-9-11(15)16/h1-18H2,(H2,21,22)(H,23,24);5H,1-4,6-9H2,(H,12,14)(H,15,16). The summed E-state index contributed by atoms with van der Waals surface area (Å²) < 4.78 is 9.85. The van der Waals surface area contributed by atoms with Gasteiger partial charge in [-0.2, -0.15) is 0 Å². The number of primary amides is 1. The molecule has 0 rings (SSSR count). The van der Waals surface area contributed by atoms with E-state index in [0.717, 1.165) is 32.0 Å². The highest BCUT2D eigenvalue weighted by atomic mass is 16.5. The molecule has 11 nitrogen and oxygen atoms in total. The maximum Gasteiger partial charge on any atom is 0.329 e. The molecule has 0 bridgehead atoms. The quantitative estimate of drug-likeness (QED) is 0.0614. The maximum absolute atomic E-state index is 11.2. The van der Waals surface area contributed by atoms with E-state index >= 15 is 0 Å². The summed E-state index contributed by atoms with van der Waals surface area (Å²) in [5, 5.41) is 19.4. The molecule has 0 fully saturated rings. The fourth-order valence-corrected chi connectivity index (χ4v) is 4.13. The van der Waals surface area contributed by atoms with Gasteiger partial charge in [-0.05, 0) is 19.3 Å². The highest BCUT2D eigenvalue weighted by molar-refractivity contribution is 5.76. The molecule has 0 heterocycles. The second-order valence-corrected chi connectivity index (χ2v) is 10.5. The molecule has 42 heavy (non-hydrogen) atoms. The van der Waals surface area contributed by atoms with Gasteiger partial charge >= 0.3 is 11.9 Å². The van der Waals surface area contributed by atoms with Gasteiger partial charge < -0.3 is 35.5 Å². The highest BCUT2D eigenvalue weighted by Crippen LogP contribution is 2.14. The number of aliphatic carboxylic acids is 2.